The molecule has 0 radical (unpaired) electrons. The van der Waals surface area contributed by atoms with Gasteiger partial charge in [-0.25, -0.2) is 4.79 Å². The van der Waals surface area contributed by atoms with Crippen molar-refractivity contribution in [1.29, 1.82) is 0 Å². The molecule has 0 spiro atoms. The van der Waals surface area contributed by atoms with E-state index in [0.717, 1.165) is 18.2 Å². The Labute approximate surface area is 132 Å². The van der Waals surface area contributed by atoms with Crippen LogP contribution in [0.1, 0.15) is 44.4 Å². The molecular formula is C15H21F3N2O3. The van der Waals surface area contributed by atoms with E-state index in [2.05, 4.69) is 5.32 Å². The van der Waals surface area contributed by atoms with E-state index in [1.54, 1.807) is 20.8 Å². The molecule has 1 aromatic rings. The van der Waals surface area contributed by atoms with Gasteiger partial charge in [-0.2, -0.15) is 13.2 Å². The Bertz CT molecular complexity index is 554. The van der Waals surface area contributed by atoms with Crippen LogP contribution < -0.4 is 11.1 Å². The number of alkyl halides is 3. The lowest BCUT2D eigenvalue weighted by Gasteiger charge is -2.22. The van der Waals surface area contributed by atoms with E-state index >= 15 is 0 Å². The van der Waals surface area contributed by atoms with Gasteiger partial charge in [0.25, 0.3) is 0 Å². The number of nitrogens with one attached hydrogen (secondary N) is 1. The summed E-state index contributed by atoms with van der Waals surface area (Å²) in [7, 11) is 0. The average Bonchev–Trinajstić information content (AvgIpc) is 2.35. The molecule has 1 atom stereocenters. The third-order valence-corrected chi connectivity index (χ3v) is 2.82. The van der Waals surface area contributed by atoms with Crippen molar-refractivity contribution in [3.05, 3.63) is 29.3 Å². The minimum atomic E-state index is -4.57. The van der Waals surface area contributed by atoms with Crippen molar-refractivity contribution in [3.8, 4) is 0 Å². The van der Waals surface area contributed by atoms with Gasteiger partial charge in [-0.3, -0.25) is 5.32 Å². The molecule has 1 aromatic carbocycles. The first-order valence-corrected chi connectivity index (χ1v) is 7.03. The maximum absolute atomic E-state index is 12.8. The number of nitrogens with two attached hydrogens (primary N) is 1. The van der Waals surface area contributed by atoms with Crippen LogP contribution in [0.25, 0.3) is 0 Å². The van der Waals surface area contributed by atoms with Gasteiger partial charge in [0.1, 0.15) is 5.60 Å². The summed E-state index contributed by atoms with van der Waals surface area (Å²) in [6.07, 6.45) is -6.42. The number of hydrogen-bond acceptors (Lipinski definition) is 4. The molecule has 1 amide bonds. The maximum atomic E-state index is 12.8. The van der Waals surface area contributed by atoms with Crippen LogP contribution in [-0.4, -0.2) is 23.3 Å². The molecule has 0 aromatic heterocycles. The Balaban J connectivity index is 3.15. The second-order valence-corrected chi connectivity index (χ2v) is 6.02. The molecule has 0 aliphatic heterocycles. The number of aliphatic hydroxyl groups is 1. The van der Waals surface area contributed by atoms with Crippen LogP contribution in [0.5, 0.6) is 0 Å². The first kappa shape index (κ1) is 19.2. The second kappa shape index (κ2) is 7.18. The summed E-state index contributed by atoms with van der Waals surface area (Å²) in [4.78, 5) is 11.8. The lowest BCUT2D eigenvalue weighted by molar-refractivity contribution is -0.137. The van der Waals surface area contributed by atoms with Gasteiger partial charge < -0.3 is 15.6 Å². The van der Waals surface area contributed by atoms with Gasteiger partial charge >= 0.3 is 12.3 Å². The predicted octanol–water partition coefficient (Wildman–Crippen LogP) is 3.43. The van der Waals surface area contributed by atoms with E-state index in [-0.39, 0.29) is 24.2 Å². The minimum Gasteiger partial charge on any atom is -0.444 e. The Kier molecular flexibility index (Phi) is 6.01. The van der Waals surface area contributed by atoms with Crippen LogP contribution in [0, 0.1) is 0 Å². The summed E-state index contributed by atoms with van der Waals surface area (Å²) in [6.45, 7) is 5.03. The summed E-state index contributed by atoms with van der Waals surface area (Å²) in [6, 6.07) is 2.73. The van der Waals surface area contributed by atoms with Crippen LogP contribution in [0.15, 0.2) is 18.2 Å². The summed E-state index contributed by atoms with van der Waals surface area (Å²) in [5, 5.41) is 12.2. The van der Waals surface area contributed by atoms with E-state index in [0.29, 0.717) is 0 Å². The number of aliphatic hydroxyl groups excluding tert-OH is 1. The molecule has 5 nitrogen and oxygen atoms in total. The highest BCUT2D eigenvalue weighted by molar-refractivity contribution is 5.86. The van der Waals surface area contributed by atoms with Crippen molar-refractivity contribution in [3.63, 3.8) is 0 Å². The van der Waals surface area contributed by atoms with Crippen LogP contribution in [-0.2, 0) is 10.9 Å². The number of hydrogen-bond donors (Lipinski definition) is 3. The summed E-state index contributed by atoms with van der Waals surface area (Å²) in [5.74, 6) is 0. The molecule has 8 heteroatoms. The first-order valence-electron chi connectivity index (χ1n) is 7.03. The number of ether oxygens (including phenoxy) is 1. The van der Waals surface area contributed by atoms with Crippen molar-refractivity contribution >= 4 is 11.8 Å². The standard InChI is InChI=1S/C15H21F3N2O3/c1-14(2,3)23-13(22)20-11-8-9(15(16,17)18)4-5-10(11)12(21)6-7-19/h4-5,8,12,21H,6-7,19H2,1-3H3,(H,20,22). The molecule has 4 N–H and O–H groups in total. The number of amides is 1. The van der Waals surface area contributed by atoms with Gasteiger partial charge in [-0.1, -0.05) is 6.07 Å². The van der Waals surface area contributed by atoms with Gasteiger partial charge in [0.2, 0.25) is 0 Å². The molecule has 1 unspecified atom stereocenters. The molecule has 0 aliphatic carbocycles. The number of carbonyl (C=O) groups excluding carboxylic acids is 1. The van der Waals surface area contributed by atoms with Crippen LogP contribution >= 0.6 is 0 Å². The molecule has 0 saturated heterocycles. The lowest BCUT2D eigenvalue weighted by Crippen LogP contribution is -2.28. The molecule has 0 saturated carbocycles. The van der Waals surface area contributed by atoms with Crippen molar-refractivity contribution in [2.45, 2.75) is 45.1 Å². The second-order valence-electron chi connectivity index (χ2n) is 6.02. The highest BCUT2D eigenvalue weighted by Gasteiger charge is 2.32. The smallest absolute Gasteiger partial charge is 0.416 e. The predicted molar refractivity (Wildman–Crippen MR) is 79.9 cm³/mol. The van der Waals surface area contributed by atoms with Crippen LogP contribution in [0.2, 0.25) is 0 Å². The van der Waals surface area contributed by atoms with E-state index in [1.807, 2.05) is 0 Å². The number of rotatable bonds is 4. The third-order valence-electron chi connectivity index (χ3n) is 2.82. The minimum absolute atomic E-state index is 0.147. The van der Waals surface area contributed by atoms with Gasteiger partial charge in [0, 0.05) is 5.56 Å². The number of halogens is 3. The molecule has 0 aliphatic rings. The summed E-state index contributed by atoms with van der Waals surface area (Å²) < 4.78 is 43.5. The fraction of sp³-hybridized carbons (Fsp3) is 0.533. The van der Waals surface area contributed by atoms with Crippen molar-refractivity contribution < 1.29 is 27.8 Å². The average molecular weight is 334 g/mol. The monoisotopic (exact) mass is 334 g/mol. The van der Waals surface area contributed by atoms with E-state index in [1.165, 1.54) is 0 Å². The van der Waals surface area contributed by atoms with Crippen molar-refractivity contribution in [2.75, 3.05) is 11.9 Å². The maximum Gasteiger partial charge on any atom is 0.416 e. The largest absolute Gasteiger partial charge is 0.444 e. The van der Waals surface area contributed by atoms with Gasteiger partial charge in [0.15, 0.2) is 0 Å². The molecule has 130 valence electrons. The summed E-state index contributed by atoms with van der Waals surface area (Å²) in [5.41, 5.74) is 3.60. The number of benzene rings is 1. The van der Waals surface area contributed by atoms with E-state index < -0.39 is 29.5 Å². The fourth-order valence-corrected chi connectivity index (χ4v) is 1.86. The van der Waals surface area contributed by atoms with Crippen LogP contribution in [0.3, 0.4) is 0 Å². The van der Waals surface area contributed by atoms with Crippen molar-refractivity contribution in [2.24, 2.45) is 5.73 Å². The normalized spacial score (nSPS) is 13.6. The van der Waals surface area contributed by atoms with Gasteiger partial charge in [-0.15, -0.1) is 0 Å². The van der Waals surface area contributed by atoms with E-state index in [9.17, 15) is 23.1 Å². The molecule has 0 heterocycles. The fourth-order valence-electron chi connectivity index (χ4n) is 1.86. The summed E-state index contributed by atoms with van der Waals surface area (Å²) >= 11 is 0. The SMILES string of the molecule is CC(C)(C)OC(=O)Nc1cc(C(F)(F)F)ccc1C(O)CCN. The Morgan fingerprint density at radius 1 is 1.35 bits per heavy atom. The van der Waals surface area contributed by atoms with E-state index in [4.69, 9.17) is 10.5 Å². The Morgan fingerprint density at radius 3 is 2.43 bits per heavy atom. The molecule has 0 bridgehead atoms. The molecule has 1 rings (SSSR count). The first-order chi connectivity index (χ1) is 10.4. The highest BCUT2D eigenvalue weighted by Crippen LogP contribution is 2.34. The number of carbonyl (C=O) groups is 1. The number of anilines is 1. The lowest BCUT2D eigenvalue weighted by atomic mass is 10.0. The zero-order valence-corrected chi connectivity index (χ0v) is 13.2. The molecular weight excluding hydrogens is 313 g/mol. The van der Waals surface area contributed by atoms with Gasteiger partial charge in [-0.05, 0) is 45.9 Å². The molecule has 0 fully saturated rings. The Hall–Kier alpha value is -1.80. The molecule has 23 heavy (non-hydrogen) atoms. The van der Waals surface area contributed by atoms with Gasteiger partial charge in [0.05, 0.1) is 17.4 Å². The highest BCUT2D eigenvalue weighted by atomic mass is 19.4. The van der Waals surface area contributed by atoms with Crippen LogP contribution in [0.4, 0.5) is 23.7 Å². The third kappa shape index (κ3) is 6.07. The zero-order chi connectivity index (χ0) is 17.8. The quantitative estimate of drug-likeness (QED) is 0.787. The van der Waals surface area contributed by atoms with Crippen molar-refractivity contribution in [1.82, 2.24) is 0 Å². The zero-order valence-electron chi connectivity index (χ0n) is 13.2. The topological polar surface area (TPSA) is 84.6 Å². The Morgan fingerprint density at radius 2 is 1.96 bits per heavy atom.